The molecule has 1 aromatic carbocycles. The summed E-state index contributed by atoms with van der Waals surface area (Å²) in [4.78, 5) is 16.6. The van der Waals surface area contributed by atoms with Crippen LogP contribution >= 0.6 is 0 Å². The lowest BCUT2D eigenvalue weighted by atomic mass is 9.95. The first-order chi connectivity index (χ1) is 12.8. The molecular weight excluding hydrogens is 330 g/mol. The lowest BCUT2D eigenvalue weighted by Crippen LogP contribution is -2.40. The third-order valence-corrected chi connectivity index (χ3v) is 4.56. The largest absolute Gasteiger partial charge is 0.379 e. The fraction of sp³-hybridized carbons (Fsp3) is 0.250. The lowest BCUT2D eigenvalue weighted by molar-refractivity contribution is 0.0916. The summed E-state index contributed by atoms with van der Waals surface area (Å²) in [5, 5.41) is 6.94. The Morgan fingerprint density at radius 1 is 1.12 bits per heavy atom. The van der Waals surface area contributed by atoms with Crippen LogP contribution < -0.4 is 5.32 Å². The van der Waals surface area contributed by atoms with Crippen LogP contribution in [0.25, 0.3) is 11.3 Å². The van der Waals surface area contributed by atoms with Crippen molar-refractivity contribution < 1.29 is 14.1 Å². The van der Waals surface area contributed by atoms with Crippen molar-refractivity contribution in [2.24, 2.45) is 5.92 Å². The van der Waals surface area contributed by atoms with Crippen molar-refractivity contribution in [1.82, 2.24) is 15.5 Å². The van der Waals surface area contributed by atoms with Crippen molar-refractivity contribution >= 4 is 5.91 Å². The molecule has 1 N–H and O–H groups in total. The van der Waals surface area contributed by atoms with Gasteiger partial charge < -0.3 is 14.6 Å². The van der Waals surface area contributed by atoms with Gasteiger partial charge in [0.2, 0.25) is 0 Å². The molecule has 1 saturated heterocycles. The van der Waals surface area contributed by atoms with Gasteiger partial charge in [0.25, 0.3) is 5.91 Å². The van der Waals surface area contributed by atoms with Gasteiger partial charge in [-0.25, -0.2) is 0 Å². The topological polar surface area (TPSA) is 77.2 Å². The van der Waals surface area contributed by atoms with Gasteiger partial charge in [-0.15, -0.1) is 0 Å². The number of carbonyl (C=O) groups excluding carboxylic acids is 1. The molecule has 3 aromatic rings. The molecule has 1 aliphatic heterocycles. The van der Waals surface area contributed by atoms with E-state index < -0.39 is 0 Å². The fourth-order valence-electron chi connectivity index (χ4n) is 3.14. The molecule has 1 amide bonds. The Kier molecular flexibility index (Phi) is 4.75. The first-order valence-corrected chi connectivity index (χ1v) is 8.59. The van der Waals surface area contributed by atoms with Gasteiger partial charge in [0.15, 0.2) is 11.5 Å². The second-order valence-electron chi connectivity index (χ2n) is 6.38. The van der Waals surface area contributed by atoms with Crippen LogP contribution in [0, 0.1) is 5.92 Å². The number of amides is 1. The highest BCUT2D eigenvalue weighted by atomic mass is 16.5. The second-order valence-corrected chi connectivity index (χ2v) is 6.38. The standard InChI is InChI=1S/C20H19N3O3/c24-20(17-11-19(26-23-17)15-4-2-1-3-5-15)22-18-13-25-12-16(18)10-14-6-8-21-9-7-14/h1-9,11,16,18H,10,12-13H2,(H,22,24)/t16-,18+/m1/s1. The molecule has 0 bridgehead atoms. The van der Waals surface area contributed by atoms with E-state index in [1.165, 1.54) is 5.56 Å². The van der Waals surface area contributed by atoms with Crippen LogP contribution in [-0.2, 0) is 11.2 Å². The van der Waals surface area contributed by atoms with Crippen LogP contribution in [0.1, 0.15) is 16.1 Å². The molecule has 132 valence electrons. The molecule has 6 heteroatoms. The predicted molar refractivity (Wildman–Crippen MR) is 95.4 cm³/mol. The van der Waals surface area contributed by atoms with Crippen molar-refractivity contribution in [3.05, 3.63) is 72.2 Å². The maximum absolute atomic E-state index is 12.5. The summed E-state index contributed by atoms with van der Waals surface area (Å²) in [6, 6.07) is 15.2. The number of nitrogens with one attached hydrogen (secondary N) is 1. The van der Waals surface area contributed by atoms with Crippen molar-refractivity contribution in [1.29, 1.82) is 0 Å². The van der Waals surface area contributed by atoms with Gasteiger partial charge in [-0.2, -0.15) is 0 Å². The highest BCUT2D eigenvalue weighted by molar-refractivity contribution is 5.93. The van der Waals surface area contributed by atoms with Crippen LogP contribution in [0.2, 0.25) is 0 Å². The number of hydrogen-bond donors (Lipinski definition) is 1. The van der Waals surface area contributed by atoms with E-state index in [0.717, 1.165) is 12.0 Å². The van der Waals surface area contributed by atoms with Crippen molar-refractivity contribution in [2.75, 3.05) is 13.2 Å². The second kappa shape index (κ2) is 7.49. The highest BCUT2D eigenvalue weighted by Crippen LogP contribution is 2.22. The first kappa shape index (κ1) is 16.5. The number of nitrogens with zero attached hydrogens (tertiary/aromatic N) is 2. The molecule has 26 heavy (non-hydrogen) atoms. The van der Waals surface area contributed by atoms with E-state index >= 15 is 0 Å². The van der Waals surface area contributed by atoms with E-state index in [9.17, 15) is 4.79 Å². The van der Waals surface area contributed by atoms with E-state index in [2.05, 4.69) is 15.5 Å². The average molecular weight is 349 g/mol. The lowest BCUT2D eigenvalue weighted by Gasteiger charge is -2.18. The maximum Gasteiger partial charge on any atom is 0.273 e. The minimum Gasteiger partial charge on any atom is -0.379 e. The Hall–Kier alpha value is -2.99. The molecule has 4 rings (SSSR count). The summed E-state index contributed by atoms with van der Waals surface area (Å²) in [7, 11) is 0. The number of hydrogen-bond acceptors (Lipinski definition) is 5. The molecule has 3 heterocycles. The third kappa shape index (κ3) is 3.65. The Morgan fingerprint density at radius 2 is 1.92 bits per heavy atom. The molecule has 0 radical (unpaired) electrons. The van der Waals surface area contributed by atoms with Gasteiger partial charge >= 0.3 is 0 Å². The Labute approximate surface area is 151 Å². The number of pyridine rings is 1. The smallest absolute Gasteiger partial charge is 0.273 e. The Morgan fingerprint density at radius 3 is 2.73 bits per heavy atom. The number of rotatable bonds is 5. The quantitative estimate of drug-likeness (QED) is 0.766. The maximum atomic E-state index is 12.5. The normalized spacial score (nSPS) is 19.4. The summed E-state index contributed by atoms with van der Waals surface area (Å²) in [6.45, 7) is 1.13. The van der Waals surface area contributed by atoms with Gasteiger partial charge in [-0.3, -0.25) is 9.78 Å². The zero-order chi connectivity index (χ0) is 17.8. The van der Waals surface area contributed by atoms with Crippen LogP contribution in [0.15, 0.2) is 65.4 Å². The summed E-state index contributed by atoms with van der Waals surface area (Å²) in [5.41, 5.74) is 2.35. The van der Waals surface area contributed by atoms with Crippen molar-refractivity contribution in [3.63, 3.8) is 0 Å². The van der Waals surface area contributed by atoms with E-state index in [1.807, 2.05) is 42.5 Å². The molecule has 0 saturated carbocycles. The molecule has 0 unspecified atom stereocenters. The van der Waals surface area contributed by atoms with Crippen molar-refractivity contribution in [3.8, 4) is 11.3 Å². The van der Waals surface area contributed by atoms with Crippen molar-refractivity contribution in [2.45, 2.75) is 12.5 Å². The number of ether oxygens (including phenoxy) is 1. The van der Waals surface area contributed by atoms with Gasteiger partial charge in [0.1, 0.15) is 0 Å². The summed E-state index contributed by atoms with van der Waals surface area (Å²) >= 11 is 0. The molecule has 2 atom stereocenters. The number of aromatic nitrogens is 2. The highest BCUT2D eigenvalue weighted by Gasteiger charge is 2.30. The van der Waals surface area contributed by atoms with E-state index in [4.69, 9.17) is 9.26 Å². The number of benzene rings is 1. The van der Waals surface area contributed by atoms with E-state index in [0.29, 0.717) is 19.0 Å². The van der Waals surface area contributed by atoms with Crippen LogP contribution in [0.3, 0.4) is 0 Å². The summed E-state index contributed by atoms with van der Waals surface area (Å²) in [5.74, 6) is 0.555. The predicted octanol–water partition coefficient (Wildman–Crippen LogP) is 2.72. The molecule has 2 aromatic heterocycles. The van der Waals surface area contributed by atoms with Crippen LogP contribution in [0.5, 0.6) is 0 Å². The molecule has 1 fully saturated rings. The average Bonchev–Trinajstić information content (AvgIpc) is 3.34. The minimum absolute atomic E-state index is 0.0486. The molecular formula is C20H19N3O3. The van der Waals surface area contributed by atoms with E-state index in [-0.39, 0.29) is 23.6 Å². The van der Waals surface area contributed by atoms with Gasteiger partial charge in [0, 0.05) is 29.9 Å². The van der Waals surface area contributed by atoms with Crippen LogP contribution in [-0.4, -0.2) is 35.3 Å². The molecule has 1 aliphatic rings. The number of carbonyl (C=O) groups is 1. The molecule has 6 nitrogen and oxygen atoms in total. The SMILES string of the molecule is O=C(N[C@H]1COC[C@H]1Cc1ccncc1)c1cc(-c2ccccc2)on1. The zero-order valence-electron chi connectivity index (χ0n) is 14.2. The molecule has 0 aliphatic carbocycles. The molecule has 0 spiro atoms. The monoisotopic (exact) mass is 349 g/mol. The van der Waals surface area contributed by atoms with E-state index in [1.54, 1.807) is 18.5 Å². The third-order valence-electron chi connectivity index (χ3n) is 4.56. The Bertz CT molecular complexity index is 864. The van der Waals surface area contributed by atoms with Crippen LogP contribution in [0.4, 0.5) is 0 Å². The summed E-state index contributed by atoms with van der Waals surface area (Å²) in [6.07, 6.45) is 4.39. The summed E-state index contributed by atoms with van der Waals surface area (Å²) < 4.78 is 10.9. The minimum atomic E-state index is -0.244. The van der Waals surface area contributed by atoms with Gasteiger partial charge in [-0.1, -0.05) is 35.5 Å². The first-order valence-electron chi connectivity index (χ1n) is 8.59. The van der Waals surface area contributed by atoms with Gasteiger partial charge in [0.05, 0.1) is 19.3 Å². The Balaban J connectivity index is 1.42. The van der Waals surface area contributed by atoms with Gasteiger partial charge in [-0.05, 0) is 24.1 Å². The zero-order valence-corrected chi connectivity index (χ0v) is 14.2. The fourth-order valence-corrected chi connectivity index (χ4v) is 3.14.